The predicted molar refractivity (Wildman–Crippen MR) is 76.8 cm³/mol. The van der Waals surface area contributed by atoms with Crippen LogP contribution in [0.15, 0.2) is 41.8 Å². The second-order valence-corrected chi connectivity index (χ2v) is 6.40. The van der Waals surface area contributed by atoms with Gasteiger partial charge in [0.25, 0.3) is 0 Å². The third-order valence-electron chi connectivity index (χ3n) is 2.94. The van der Waals surface area contributed by atoms with Crippen LogP contribution in [0.2, 0.25) is 0 Å². The lowest BCUT2D eigenvalue weighted by Gasteiger charge is -2.09. The highest BCUT2D eigenvalue weighted by molar-refractivity contribution is 7.89. The molecular formula is C14H17N3O2S. The van der Waals surface area contributed by atoms with Gasteiger partial charge in [-0.3, -0.25) is 0 Å². The molecule has 2 rings (SSSR count). The Morgan fingerprint density at radius 3 is 2.50 bits per heavy atom. The van der Waals surface area contributed by atoms with E-state index in [-0.39, 0.29) is 0 Å². The summed E-state index contributed by atoms with van der Waals surface area (Å²) >= 11 is 0. The van der Waals surface area contributed by atoms with Crippen LogP contribution in [-0.4, -0.2) is 24.9 Å². The number of hydrogen-bond acceptors (Lipinski definition) is 4. The first kappa shape index (κ1) is 14.6. The zero-order valence-corrected chi connectivity index (χ0v) is 12.3. The van der Waals surface area contributed by atoms with Crippen molar-refractivity contribution in [3.05, 3.63) is 53.6 Å². The Bertz CT molecular complexity index is 685. The average Bonchev–Trinajstić information content (AvgIpc) is 2.39. The number of aryl methyl sites for hydroxylation is 2. The zero-order chi connectivity index (χ0) is 14.6. The van der Waals surface area contributed by atoms with Crippen molar-refractivity contribution < 1.29 is 8.42 Å². The van der Waals surface area contributed by atoms with Crippen LogP contribution in [0.4, 0.5) is 0 Å². The molecule has 0 unspecified atom stereocenters. The topological polar surface area (TPSA) is 72.0 Å². The molecule has 0 bridgehead atoms. The van der Waals surface area contributed by atoms with Crippen molar-refractivity contribution in [3.63, 3.8) is 0 Å². The highest BCUT2D eigenvalue weighted by Gasteiger charge is 2.15. The van der Waals surface area contributed by atoms with Crippen molar-refractivity contribution in [2.45, 2.75) is 25.2 Å². The summed E-state index contributed by atoms with van der Waals surface area (Å²) in [5.41, 5.74) is 2.69. The predicted octanol–water partition coefficient (Wildman–Crippen LogP) is 1.61. The lowest BCUT2D eigenvalue weighted by molar-refractivity contribution is 0.581. The standard InChI is InChI=1S/C14H17N3O2S/c1-11-3-4-14(12(2)7-11)20(18,19)17-6-5-13-8-15-10-16-9-13/h3-4,7-10,17H,5-6H2,1-2H3. The lowest BCUT2D eigenvalue weighted by Crippen LogP contribution is -2.26. The summed E-state index contributed by atoms with van der Waals surface area (Å²) in [5, 5.41) is 0. The maximum absolute atomic E-state index is 12.2. The molecule has 5 nitrogen and oxygen atoms in total. The zero-order valence-electron chi connectivity index (χ0n) is 11.5. The summed E-state index contributed by atoms with van der Waals surface area (Å²) in [6.45, 7) is 4.06. The maximum atomic E-state index is 12.2. The molecule has 20 heavy (non-hydrogen) atoms. The van der Waals surface area contributed by atoms with Crippen LogP contribution in [0.3, 0.4) is 0 Å². The molecule has 0 aliphatic heterocycles. The van der Waals surface area contributed by atoms with Crippen molar-refractivity contribution in [1.82, 2.24) is 14.7 Å². The Morgan fingerprint density at radius 2 is 1.85 bits per heavy atom. The molecule has 0 aliphatic carbocycles. The van der Waals surface area contributed by atoms with E-state index in [1.54, 1.807) is 31.5 Å². The fourth-order valence-electron chi connectivity index (χ4n) is 1.97. The number of rotatable bonds is 5. The number of sulfonamides is 1. The Labute approximate surface area is 119 Å². The Morgan fingerprint density at radius 1 is 1.15 bits per heavy atom. The van der Waals surface area contributed by atoms with E-state index in [2.05, 4.69) is 14.7 Å². The fraction of sp³-hybridized carbons (Fsp3) is 0.286. The van der Waals surface area contributed by atoms with Gasteiger partial charge in [-0.05, 0) is 37.5 Å². The van der Waals surface area contributed by atoms with Gasteiger partial charge in [-0.15, -0.1) is 0 Å². The number of nitrogens with zero attached hydrogens (tertiary/aromatic N) is 2. The van der Waals surface area contributed by atoms with Gasteiger partial charge in [-0.2, -0.15) is 0 Å². The molecule has 1 N–H and O–H groups in total. The minimum atomic E-state index is -3.47. The Hall–Kier alpha value is -1.79. The van der Waals surface area contributed by atoms with Gasteiger partial charge in [-0.1, -0.05) is 17.7 Å². The molecular weight excluding hydrogens is 274 g/mol. The third kappa shape index (κ3) is 3.61. The molecule has 0 fully saturated rings. The van der Waals surface area contributed by atoms with Crippen LogP contribution >= 0.6 is 0 Å². The molecule has 0 saturated carbocycles. The maximum Gasteiger partial charge on any atom is 0.240 e. The van der Waals surface area contributed by atoms with E-state index in [0.717, 1.165) is 16.7 Å². The molecule has 0 radical (unpaired) electrons. The van der Waals surface area contributed by atoms with Gasteiger partial charge < -0.3 is 0 Å². The Kier molecular flexibility index (Phi) is 4.46. The van der Waals surface area contributed by atoms with Gasteiger partial charge in [0.2, 0.25) is 10.0 Å². The number of benzene rings is 1. The first-order chi connectivity index (χ1) is 9.49. The fourth-order valence-corrected chi connectivity index (χ4v) is 3.22. The van der Waals surface area contributed by atoms with Gasteiger partial charge >= 0.3 is 0 Å². The summed E-state index contributed by atoms with van der Waals surface area (Å²) in [6.07, 6.45) is 5.37. The highest BCUT2D eigenvalue weighted by atomic mass is 32.2. The highest BCUT2D eigenvalue weighted by Crippen LogP contribution is 2.16. The molecule has 0 aliphatic rings. The summed E-state index contributed by atoms with van der Waals surface area (Å²) < 4.78 is 27.0. The van der Waals surface area contributed by atoms with Crippen molar-refractivity contribution in [3.8, 4) is 0 Å². The smallest absolute Gasteiger partial charge is 0.240 e. The van der Waals surface area contributed by atoms with Crippen LogP contribution in [-0.2, 0) is 16.4 Å². The van der Waals surface area contributed by atoms with E-state index in [4.69, 9.17) is 0 Å². The van der Waals surface area contributed by atoms with Crippen LogP contribution < -0.4 is 4.72 Å². The van der Waals surface area contributed by atoms with Crippen molar-refractivity contribution in [2.24, 2.45) is 0 Å². The summed E-state index contributed by atoms with van der Waals surface area (Å²) in [5.74, 6) is 0. The summed E-state index contributed by atoms with van der Waals surface area (Å²) in [4.78, 5) is 8.11. The number of hydrogen-bond donors (Lipinski definition) is 1. The second kappa shape index (κ2) is 6.11. The van der Waals surface area contributed by atoms with Crippen molar-refractivity contribution in [2.75, 3.05) is 6.54 Å². The molecule has 1 aromatic heterocycles. The summed E-state index contributed by atoms with van der Waals surface area (Å²) in [6, 6.07) is 5.30. The molecule has 6 heteroatoms. The van der Waals surface area contributed by atoms with Gasteiger partial charge in [-0.25, -0.2) is 23.1 Å². The molecule has 2 aromatic rings. The van der Waals surface area contributed by atoms with Crippen LogP contribution in [0.25, 0.3) is 0 Å². The quantitative estimate of drug-likeness (QED) is 0.908. The molecule has 106 valence electrons. The van der Waals surface area contributed by atoms with Crippen LogP contribution in [0.1, 0.15) is 16.7 Å². The van der Waals surface area contributed by atoms with E-state index in [0.29, 0.717) is 17.9 Å². The Balaban J connectivity index is 2.04. The minimum Gasteiger partial charge on any atom is -0.245 e. The first-order valence-electron chi connectivity index (χ1n) is 6.30. The van der Waals surface area contributed by atoms with Crippen LogP contribution in [0, 0.1) is 13.8 Å². The second-order valence-electron chi connectivity index (χ2n) is 4.66. The largest absolute Gasteiger partial charge is 0.245 e. The van der Waals surface area contributed by atoms with E-state index in [1.807, 2.05) is 13.0 Å². The molecule has 0 spiro atoms. The van der Waals surface area contributed by atoms with Crippen molar-refractivity contribution >= 4 is 10.0 Å². The van der Waals surface area contributed by atoms with Gasteiger partial charge in [0.15, 0.2) is 0 Å². The van der Waals surface area contributed by atoms with Gasteiger partial charge in [0, 0.05) is 18.9 Å². The minimum absolute atomic E-state index is 0.322. The molecule has 1 heterocycles. The van der Waals surface area contributed by atoms with E-state index < -0.39 is 10.0 Å². The number of aromatic nitrogens is 2. The summed E-state index contributed by atoms with van der Waals surface area (Å²) in [7, 11) is -3.47. The lowest BCUT2D eigenvalue weighted by atomic mass is 10.2. The van der Waals surface area contributed by atoms with E-state index in [1.165, 1.54) is 6.33 Å². The average molecular weight is 291 g/mol. The molecule has 0 amide bonds. The third-order valence-corrected chi connectivity index (χ3v) is 4.56. The first-order valence-corrected chi connectivity index (χ1v) is 7.78. The van der Waals surface area contributed by atoms with Gasteiger partial charge in [0.1, 0.15) is 6.33 Å². The number of nitrogens with one attached hydrogen (secondary N) is 1. The van der Waals surface area contributed by atoms with Crippen molar-refractivity contribution in [1.29, 1.82) is 0 Å². The van der Waals surface area contributed by atoms with E-state index >= 15 is 0 Å². The monoisotopic (exact) mass is 291 g/mol. The normalized spacial score (nSPS) is 11.5. The van der Waals surface area contributed by atoms with Gasteiger partial charge in [0.05, 0.1) is 4.90 Å². The van der Waals surface area contributed by atoms with E-state index in [9.17, 15) is 8.42 Å². The molecule has 0 saturated heterocycles. The molecule has 1 aromatic carbocycles. The van der Waals surface area contributed by atoms with Crippen LogP contribution in [0.5, 0.6) is 0 Å². The SMILES string of the molecule is Cc1ccc(S(=O)(=O)NCCc2cncnc2)c(C)c1. The molecule has 0 atom stereocenters.